The molecule has 1 N–H and O–H groups in total. The topological polar surface area (TPSA) is 121 Å². The van der Waals surface area contributed by atoms with E-state index in [4.69, 9.17) is 23.3 Å². The minimum absolute atomic E-state index is 0.00238. The molecule has 1 aliphatic rings. The van der Waals surface area contributed by atoms with E-state index in [0.717, 1.165) is 51.4 Å². The first kappa shape index (κ1) is 55.9. The molecule has 0 radical (unpaired) electrons. The van der Waals surface area contributed by atoms with Gasteiger partial charge in [-0.1, -0.05) is 143 Å². The maximum absolute atomic E-state index is 12.7. The molecule has 61 heavy (non-hydrogen) atoms. The lowest BCUT2D eigenvalue weighted by Crippen LogP contribution is -2.37. The summed E-state index contributed by atoms with van der Waals surface area (Å²) in [7, 11) is 1.38. The number of quaternary nitrogens is 1. The standard InChI is InChI=1S/C50H82NO9P/c1-6-8-10-11-12-13-14-15-16-17-18-19-20-21-22-27-30-33-37-41-50(53)59-46(45-58-61(54,55)57-43-42-51(3,4)5)44-56-49(52)40-36-32-29-26-24-23-25-28-31-35-39-48-47(60-48)38-34-9-7-2/h12-13,15-16,18-19,21-23,25-26,29-31,33,35,46-48H,6-11,14,17,20,24,27-28,32,34,36-45H2,1-5H3/p+1/b13-12-,16-15-,19-18-,22-21-,25-23-,29-26-,33-30-,35-31-/t46-,47?,48?/m1/s1. The number of ether oxygens (including phenoxy) is 3. The van der Waals surface area contributed by atoms with E-state index in [9.17, 15) is 19.0 Å². The highest BCUT2D eigenvalue weighted by molar-refractivity contribution is 7.47. The van der Waals surface area contributed by atoms with Crippen LogP contribution in [-0.4, -0.2) is 87.1 Å². The smallest absolute Gasteiger partial charge is 0.462 e. The second kappa shape index (κ2) is 37.4. The third kappa shape index (κ3) is 38.3. The van der Waals surface area contributed by atoms with Gasteiger partial charge in [-0.05, 0) is 83.5 Å². The molecule has 10 nitrogen and oxygen atoms in total. The van der Waals surface area contributed by atoms with E-state index in [1.807, 2.05) is 39.4 Å². The third-order valence-electron chi connectivity index (χ3n) is 9.52. The number of likely N-dealkylation sites (N-methyl/N-ethyl adjacent to an activating group) is 1. The van der Waals surface area contributed by atoms with Gasteiger partial charge in [0, 0.05) is 12.8 Å². The number of phosphoric ester groups is 1. The molecule has 1 heterocycles. The number of phosphoric acid groups is 1. The average molecular weight is 873 g/mol. The fourth-order valence-corrected chi connectivity index (χ4v) is 6.53. The van der Waals surface area contributed by atoms with Crippen molar-refractivity contribution in [1.82, 2.24) is 0 Å². The van der Waals surface area contributed by atoms with Crippen LogP contribution in [0.1, 0.15) is 142 Å². The number of unbranched alkanes of at least 4 members (excludes halogenated alkanes) is 6. The van der Waals surface area contributed by atoms with E-state index >= 15 is 0 Å². The summed E-state index contributed by atoms with van der Waals surface area (Å²) in [5, 5.41) is 0. The largest absolute Gasteiger partial charge is 0.472 e. The Balaban J connectivity index is 2.37. The molecular weight excluding hydrogens is 790 g/mol. The highest BCUT2D eigenvalue weighted by Crippen LogP contribution is 2.43. The molecule has 0 aliphatic carbocycles. The summed E-state index contributed by atoms with van der Waals surface area (Å²) in [5.41, 5.74) is 0. The molecule has 0 spiro atoms. The van der Waals surface area contributed by atoms with Crippen LogP contribution in [0, 0.1) is 0 Å². The molecule has 0 saturated carbocycles. The molecule has 0 aromatic heterocycles. The predicted octanol–water partition coefficient (Wildman–Crippen LogP) is 12.3. The maximum atomic E-state index is 12.7. The Morgan fingerprint density at radius 2 is 1.11 bits per heavy atom. The first-order chi connectivity index (χ1) is 29.5. The third-order valence-corrected chi connectivity index (χ3v) is 10.5. The Labute approximate surface area is 370 Å². The van der Waals surface area contributed by atoms with Gasteiger partial charge in [0.05, 0.1) is 40.0 Å². The van der Waals surface area contributed by atoms with Gasteiger partial charge in [0.15, 0.2) is 6.10 Å². The van der Waals surface area contributed by atoms with Gasteiger partial charge < -0.3 is 23.6 Å². The molecule has 3 unspecified atom stereocenters. The Morgan fingerprint density at radius 3 is 1.67 bits per heavy atom. The van der Waals surface area contributed by atoms with Crippen molar-refractivity contribution < 1.29 is 46.8 Å². The Hall–Kier alpha value is -3.11. The lowest BCUT2D eigenvalue weighted by atomic mass is 10.1. The van der Waals surface area contributed by atoms with Crippen LogP contribution in [0.4, 0.5) is 0 Å². The van der Waals surface area contributed by atoms with Crippen molar-refractivity contribution in [3.8, 4) is 0 Å². The average Bonchev–Trinajstić information content (AvgIpc) is 3.97. The maximum Gasteiger partial charge on any atom is 0.472 e. The molecule has 346 valence electrons. The minimum atomic E-state index is -4.42. The van der Waals surface area contributed by atoms with Gasteiger partial charge in [-0.2, -0.15) is 0 Å². The summed E-state index contributed by atoms with van der Waals surface area (Å²) >= 11 is 0. The van der Waals surface area contributed by atoms with Crippen LogP contribution in [-0.2, 0) is 37.4 Å². The van der Waals surface area contributed by atoms with E-state index < -0.39 is 32.5 Å². The van der Waals surface area contributed by atoms with Gasteiger partial charge in [-0.3, -0.25) is 18.6 Å². The SMILES string of the molecule is CCCCC/C=C\C/C=C\C/C=C\C/C=C\C/C=C\CCC(=O)O[C@H](COC(=O)CCC/C=C\C/C=C\C/C=C\CC1OC1CCCCC)COP(=O)(O)OCC[N+](C)(C)C. The van der Waals surface area contributed by atoms with E-state index in [2.05, 4.69) is 92.8 Å². The fourth-order valence-electron chi connectivity index (χ4n) is 5.79. The Kier molecular flexibility index (Phi) is 34.3. The van der Waals surface area contributed by atoms with Crippen LogP contribution in [0.5, 0.6) is 0 Å². The Bertz CT molecular complexity index is 1420. The van der Waals surface area contributed by atoms with Gasteiger partial charge in [0.1, 0.15) is 19.8 Å². The number of esters is 2. The van der Waals surface area contributed by atoms with Gasteiger partial charge in [0.2, 0.25) is 0 Å². The summed E-state index contributed by atoms with van der Waals surface area (Å²) in [4.78, 5) is 35.4. The number of hydrogen-bond acceptors (Lipinski definition) is 8. The van der Waals surface area contributed by atoms with Crippen LogP contribution in [0.2, 0.25) is 0 Å². The molecule has 1 rings (SSSR count). The number of nitrogens with zero attached hydrogens (tertiary/aromatic N) is 1. The van der Waals surface area contributed by atoms with Gasteiger partial charge in [0.25, 0.3) is 0 Å². The number of epoxide rings is 1. The lowest BCUT2D eigenvalue weighted by molar-refractivity contribution is -0.870. The van der Waals surface area contributed by atoms with Crippen molar-refractivity contribution in [2.75, 3.05) is 47.5 Å². The summed E-state index contributed by atoms with van der Waals surface area (Å²) < 4.78 is 39.9. The first-order valence-electron chi connectivity index (χ1n) is 23.1. The molecule has 0 aromatic rings. The van der Waals surface area contributed by atoms with Crippen molar-refractivity contribution in [3.05, 3.63) is 97.2 Å². The number of hydrogen-bond donors (Lipinski definition) is 1. The number of allylic oxidation sites excluding steroid dienone is 15. The predicted molar refractivity (Wildman–Crippen MR) is 251 cm³/mol. The molecule has 1 fully saturated rings. The summed E-state index contributed by atoms with van der Waals surface area (Å²) in [6.07, 6.45) is 52.3. The van der Waals surface area contributed by atoms with Crippen molar-refractivity contribution >= 4 is 19.8 Å². The van der Waals surface area contributed by atoms with Crippen LogP contribution < -0.4 is 0 Å². The highest BCUT2D eigenvalue weighted by atomic mass is 31.2. The molecular formula is C50H83NO9P+. The highest BCUT2D eigenvalue weighted by Gasteiger charge is 2.36. The quantitative estimate of drug-likeness (QED) is 0.0161. The molecule has 0 aromatic carbocycles. The van der Waals surface area contributed by atoms with Crippen molar-refractivity contribution in [3.63, 3.8) is 0 Å². The molecule has 0 amide bonds. The van der Waals surface area contributed by atoms with Crippen LogP contribution in [0.3, 0.4) is 0 Å². The van der Waals surface area contributed by atoms with E-state index in [1.165, 1.54) is 51.4 Å². The van der Waals surface area contributed by atoms with E-state index in [0.29, 0.717) is 36.1 Å². The van der Waals surface area contributed by atoms with E-state index in [1.54, 1.807) is 0 Å². The minimum Gasteiger partial charge on any atom is -0.462 e. The summed E-state index contributed by atoms with van der Waals surface area (Å²) in [6.45, 7) is 4.18. The van der Waals surface area contributed by atoms with Crippen LogP contribution >= 0.6 is 7.82 Å². The second-order valence-electron chi connectivity index (χ2n) is 16.5. The molecule has 1 aliphatic heterocycles. The van der Waals surface area contributed by atoms with Crippen molar-refractivity contribution in [2.24, 2.45) is 0 Å². The van der Waals surface area contributed by atoms with Crippen LogP contribution in [0.15, 0.2) is 97.2 Å². The number of carbonyl (C=O) groups excluding carboxylic acids is 2. The van der Waals surface area contributed by atoms with Crippen molar-refractivity contribution in [1.29, 1.82) is 0 Å². The lowest BCUT2D eigenvalue weighted by Gasteiger charge is -2.24. The molecule has 1 saturated heterocycles. The van der Waals surface area contributed by atoms with Gasteiger partial charge in [-0.15, -0.1) is 0 Å². The summed E-state index contributed by atoms with van der Waals surface area (Å²) in [5.74, 6) is -0.976. The molecule has 0 bridgehead atoms. The second-order valence-corrected chi connectivity index (χ2v) is 17.9. The zero-order valence-electron chi connectivity index (χ0n) is 38.5. The van der Waals surface area contributed by atoms with E-state index in [-0.39, 0.29) is 26.1 Å². The zero-order chi connectivity index (χ0) is 44.7. The first-order valence-corrected chi connectivity index (χ1v) is 24.6. The number of carbonyl (C=O) groups is 2. The zero-order valence-corrected chi connectivity index (χ0v) is 39.4. The number of rotatable bonds is 39. The van der Waals surface area contributed by atoms with Gasteiger partial charge >= 0.3 is 19.8 Å². The summed E-state index contributed by atoms with van der Waals surface area (Å²) in [6, 6.07) is 0. The Morgan fingerprint density at radius 1 is 0.607 bits per heavy atom. The molecule has 4 atom stereocenters. The molecule has 11 heteroatoms. The monoisotopic (exact) mass is 873 g/mol. The van der Waals surface area contributed by atoms with Gasteiger partial charge in [-0.25, -0.2) is 4.57 Å². The normalized spacial score (nSPS) is 17.7. The van der Waals surface area contributed by atoms with Crippen molar-refractivity contribution in [2.45, 2.75) is 161 Å². The fraction of sp³-hybridized carbons (Fsp3) is 0.640. The van der Waals surface area contributed by atoms with Crippen LogP contribution in [0.25, 0.3) is 0 Å².